The quantitative estimate of drug-likeness (QED) is 0.397. The number of aromatic hydroxyl groups is 1. The average Bonchev–Trinajstić information content (AvgIpc) is 3.38. The third kappa shape index (κ3) is 4.96. The highest BCUT2D eigenvalue weighted by Gasteiger charge is 2.46. The molecular weight excluding hydrogens is 509 g/mol. The van der Waals surface area contributed by atoms with Crippen molar-refractivity contribution in [2.24, 2.45) is 0 Å². The molecule has 0 saturated carbocycles. The van der Waals surface area contributed by atoms with Crippen molar-refractivity contribution >= 4 is 34.7 Å². The van der Waals surface area contributed by atoms with Crippen LogP contribution >= 0.6 is 34.7 Å². The lowest BCUT2D eigenvalue weighted by Gasteiger charge is -2.41. The van der Waals surface area contributed by atoms with Crippen LogP contribution in [0.4, 0.5) is 13.2 Å². The number of benzene rings is 1. The van der Waals surface area contributed by atoms with Crippen molar-refractivity contribution in [3.05, 3.63) is 40.4 Å². The molecule has 1 fully saturated rings. The van der Waals surface area contributed by atoms with E-state index in [1.165, 1.54) is 16.9 Å². The van der Waals surface area contributed by atoms with Gasteiger partial charge >= 0.3 is 6.18 Å². The fourth-order valence-corrected chi connectivity index (χ4v) is 5.33. The lowest BCUT2D eigenvalue weighted by molar-refractivity contribution is -0.178. The molecule has 1 aromatic carbocycles. The summed E-state index contributed by atoms with van der Waals surface area (Å²) < 4.78 is 45.7. The summed E-state index contributed by atoms with van der Waals surface area (Å²) in [6.07, 6.45) is -7.10. The molecular formula is C18H16ClF3N4O5S2. The van der Waals surface area contributed by atoms with Crippen molar-refractivity contribution in [3.8, 4) is 16.6 Å². The molecule has 5 unspecified atom stereocenters. The Balaban J connectivity index is 1.59. The molecule has 1 saturated heterocycles. The van der Waals surface area contributed by atoms with E-state index in [9.17, 15) is 33.6 Å². The molecule has 15 heteroatoms. The van der Waals surface area contributed by atoms with Gasteiger partial charge in [-0.15, -0.1) is 5.10 Å². The van der Waals surface area contributed by atoms with E-state index in [4.69, 9.17) is 16.3 Å². The number of hydrogen-bond acceptors (Lipinski definition) is 10. The third-order valence-corrected chi connectivity index (χ3v) is 7.02. The van der Waals surface area contributed by atoms with Crippen LogP contribution in [-0.4, -0.2) is 70.8 Å². The number of ether oxygens (including phenoxy) is 1. The molecule has 5 atom stereocenters. The monoisotopic (exact) mass is 524 g/mol. The lowest BCUT2D eigenvalue weighted by atomic mass is 9.97. The molecule has 0 spiro atoms. The maximum atomic E-state index is 13.0. The molecule has 9 nitrogen and oxygen atoms in total. The van der Waals surface area contributed by atoms with Crippen LogP contribution < -0.4 is 0 Å². The first kappa shape index (κ1) is 24.2. The molecule has 2 aromatic heterocycles. The highest BCUT2D eigenvalue weighted by Crippen LogP contribution is 2.41. The second-order valence-corrected chi connectivity index (χ2v) is 9.47. The molecule has 4 N–H and O–H groups in total. The van der Waals surface area contributed by atoms with Crippen molar-refractivity contribution in [1.82, 2.24) is 20.0 Å². The summed E-state index contributed by atoms with van der Waals surface area (Å²) in [7, 11) is 0. The number of alkyl halides is 3. The number of thiazole rings is 1. The molecule has 0 aliphatic carbocycles. The summed E-state index contributed by atoms with van der Waals surface area (Å²) in [5.41, 5.74) is -1.47. The van der Waals surface area contributed by atoms with Crippen LogP contribution in [0.15, 0.2) is 34.7 Å². The first-order valence-electron chi connectivity index (χ1n) is 9.31. The molecule has 0 bridgehead atoms. The van der Waals surface area contributed by atoms with Gasteiger partial charge < -0.3 is 25.2 Å². The summed E-state index contributed by atoms with van der Waals surface area (Å²) in [5.74, 6) is 0. The highest BCUT2D eigenvalue weighted by molar-refractivity contribution is 7.99. The van der Waals surface area contributed by atoms with Crippen molar-refractivity contribution in [2.45, 2.75) is 40.9 Å². The van der Waals surface area contributed by atoms with E-state index in [2.05, 4.69) is 15.3 Å². The van der Waals surface area contributed by atoms with Crippen LogP contribution in [0.3, 0.4) is 0 Å². The van der Waals surface area contributed by atoms with Gasteiger partial charge in [-0.1, -0.05) is 39.9 Å². The first-order valence-corrected chi connectivity index (χ1v) is 11.4. The maximum absolute atomic E-state index is 13.0. The maximum Gasteiger partial charge on any atom is 0.417 e. The van der Waals surface area contributed by atoms with E-state index in [1.54, 1.807) is 5.38 Å². The van der Waals surface area contributed by atoms with Gasteiger partial charge in [-0.2, -0.15) is 13.2 Å². The van der Waals surface area contributed by atoms with Gasteiger partial charge in [-0.3, -0.25) is 0 Å². The fourth-order valence-electron chi connectivity index (χ4n) is 3.33. The topological polar surface area (TPSA) is 134 Å². The Morgan fingerprint density at radius 1 is 1.21 bits per heavy atom. The normalized spacial score (nSPS) is 26.0. The van der Waals surface area contributed by atoms with Gasteiger partial charge in [-0.05, 0) is 18.2 Å². The Morgan fingerprint density at radius 2 is 1.97 bits per heavy atom. The Morgan fingerprint density at radius 3 is 2.58 bits per heavy atom. The number of thioether (sulfide) groups is 1. The standard InChI is InChI=1S/C18H16ClF3N4O5S2/c19-9-3-7(1-2-8(9)18(20,21)22)33-16-15(29)13(14(28)12(5-27)31-16)26-4-10(24-25-26)11-6-32-17(30)23-11/h1-4,6,12-16,27-29H,5H2,(H,23,30). The zero-order valence-electron chi connectivity index (χ0n) is 16.3. The number of aliphatic hydroxyl groups is 3. The van der Waals surface area contributed by atoms with E-state index < -0.39 is 53.2 Å². The molecule has 1 aliphatic heterocycles. The number of aliphatic hydroxyl groups excluding tert-OH is 3. The molecule has 4 rings (SSSR count). The summed E-state index contributed by atoms with van der Waals surface area (Å²) in [6, 6.07) is 2.00. The average molecular weight is 525 g/mol. The van der Waals surface area contributed by atoms with Crippen molar-refractivity contribution < 1.29 is 38.3 Å². The zero-order valence-corrected chi connectivity index (χ0v) is 18.7. The second-order valence-electron chi connectivity index (χ2n) is 7.05. The lowest BCUT2D eigenvalue weighted by Crippen LogP contribution is -2.55. The van der Waals surface area contributed by atoms with Gasteiger partial charge in [0, 0.05) is 10.3 Å². The van der Waals surface area contributed by atoms with Crippen LogP contribution in [0.2, 0.25) is 5.02 Å². The van der Waals surface area contributed by atoms with Gasteiger partial charge in [-0.25, -0.2) is 9.67 Å². The van der Waals surface area contributed by atoms with Crippen LogP contribution in [0, 0.1) is 0 Å². The summed E-state index contributed by atoms with van der Waals surface area (Å²) in [4.78, 5) is 4.16. The van der Waals surface area contributed by atoms with Crippen molar-refractivity contribution in [2.75, 3.05) is 6.61 Å². The van der Waals surface area contributed by atoms with E-state index in [0.29, 0.717) is 5.69 Å². The van der Waals surface area contributed by atoms with Gasteiger partial charge in [0.05, 0.1) is 23.4 Å². The van der Waals surface area contributed by atoms with Crippen LogP contribution in [0.5, 0.6) is 5.19 Å². The smallest absolute Gasteiger partial charge is 0.417 e. The zero-order chi connectivity index (χ0) is 23.9. The Labute approximate surface area is 197 Å². The van der Waals surface area contributed by atoms with Crippen LogP contribution in [0.1, 0.15) is 11.6 Å². The summed E-state index contributed by atoms with van der Waals surface area (Å²) in [6.45, 7) is -0.587. The molecule has 3 aromatic rings. The minimum absolute atomic E-state index is 0.169. The molecule has 178 valence electrons. The Bertz CT molecular complexity index is 1130. The van der Waals surface area contributed by atoms with Crippen LogP contribution in [0.25, 0.3) is 11.4 Å². The molecule has 1 aliphatic rings. The molecule has 0 radical (unpaired) electrons. The van der Waals surface area contributed by atoms with Gasteiger partial charge in [0.1, 0.15) is 41.2 Å². The SMILES string of the molecule is OCC1OC(Sc2ccc(C(F)(F)F)c(Cl)c2)C(O)C(n2cc(-c3csc(O)n3)nn2)C1O. The second kappa shape index (κ2) is 9.37. The summed E-state index contributed by atoms with van der Waals surface area (Å²) >= 11 is 7.64. The van der Waals surface area contributed by atoms with E-state index >= 15 is 0 Å². The highest BCUT2D eigenvalue weighted by atomic mass is 35.5. The largest absolute Gasteiger partial charge is 0.486 e. The third-order valence-electron chi connectivity index (χ3n) is 4.92. The van der Waals surface area contributed by atoms with E-state index in [-0.39, 0.29) is 15.8 Å². The van der Waals surface area contributed by atoms with E-state index in [1.807, 2.05) is 0 Å². The molecule has 0 amide bonds. The molecule has 3 heterocycles. The number of hydrogen-bond donors (Lipinski definition) is 4. The minimum atomic E-state index is -4.61. The van der Waals surface area contributed by atoms with Crippen LogP contribution in [-0.2, 0) is 10.9 Å². The fraction of sp³-hybridized carbons (Fsp3) is 0.389. The Hall–Kier alpha value is -1.94. The number of rotatable bonds is 5. The predicted molar refractivity (Wildman–Crippen MR) is 112 cm³/mol. The molecule has 33 heavy (non-hydrogen) atoms. The minimum Gasteiger partial charge on any atom is -0.486 e. The van der Waals surface area contributed by atoms with Gasteiger partial charge in [0.25, 0.3) is 5.19 Å². The summed E-state index contributed by atoms with van der Waals surface area (Å²) in [5, 5.41) is 49.4. The van der Waals surface area contributed by atoms with Crippen molar-refractivity contribution in [1.29, 1.82) is 0 Å². The van der Waals surface area contributed by atoms with E-state index in [0.717, 1.165) is 35.2 Å². The number of nitrogens with zero attached hydrogens (tertiary/aromatic N) is 4. The number of halogens is 4. The van der Waals surface area contributed by atoms with Gasteiger partial charge in [0.2, 0.25) is 0 Å². The predicted octanol–water partition coefficient (Wildman–Crippen LogP) is 2.55. The number of aromatic nitrogens is 4. The van der Waals surface area contributed by atoms with Crippen molar-refractivity contribution in [3.63, 3.8) is 0 Å². The first-order chi connectivity index (χ1) is 15.6. The van der Waals surface area contributed by atoms with Gasteiger partial charge in [0.15, 0.2) is 0 Å². The Kier molecular flexibility index (Phi) is 6.87.